The van der Waals surface area contributed by atoms with Gasteiger partial charge in [0.2, 0.25) is 0 Å². The lowest BCUT2D eigenvalue weighted by Crippen LogP contribution is -2.02. The first-order valence-electron chi connectivity index (χ1n) is 4.67. The molecule has 1 rings (SSSR count). The minimum Gasteiger partial charge on any atom is -0.487 e. The number of halogens is 1. The van der Waals surface area contributed by atoms with Gasteiger partial charge in [-0.2, -0.15) is 0 Å². The molecule has 2 heteroatoms. The molecule has 0 aromatic carbocycles. The summed E-state index contributed by atoms with van der Waals surface area (Å²) in [5, 5.41) is 0. The van der Waals surface area contributed by atoms with E-state index in [-0.39, 0.29) is 0 Å². The van der Waals surface area contributed by atoms with Gasteiger partial charge in [0.05, 0.1) is 0 Å². The summed E-state index contributed by atoms with van der Waals surface area (Å²) in [5.41, 5.74) is 2.57. The summed E-state index contributed by atoms with van der Waals surface area (Å²) in [6, 6.07) is 2.17. The Labute approximate surface area is 89.3 Å². The van der Waals surface area contributed by atoms with Crippen molar-refractivity contribution < 1.29 is 0 Å². The normalized spacial score (nSPS) is 11.6. The molecule has 0 atom stereocenters. The van der Waals surface area contributed by atoms with Gasteiger partial charge in [0, 0.05) is 0 Å². The molecule has 0 aliphatic rings. The van der Waals surface area contributed by atoms with Crippen LogP contribution in [0.5, 0.6) is 0 Å². The highest BCUT2D eigenvalue weighted by molar-refractivity contribution is 9.10. The van der Waals surface area contributed by atoms with Crippen molar-refractivity contribution in [2.75, 3.05) is 0 Å². The van der Waals surface area contributed by atoms with E-state index in [1.807, 2.05) is 0 Å². The Hall–Kier alpha value is -0.370. The fraction of sp³-hybridized carbons (Fsp3) is 0.545. The number of aromatic nitrogens is 1. The van der Waals surface area contributed by atoms with E-state index in [0.717, 1.165) is 0 Å². The van der Waals surface area contributed by atoms with Crippen LogP contribution >= 0.6 is 15.9 Å². The molecule has 74 valence electrons. The van der Waals surface area contributed by atoms with Crippen molar-refractivity contribution in [1.29, 1.82) is 0 Å². The third-order valence-electron chi connectivity index (χ3n) is 2.26. The molecule has 1 heterocycles. The van der Waals surface area contributed by atoms with Gasteiger partial charge in [-0.3, -0.25) is 0 Å². The topological polar surface area (TPSA) is 4.93 Å². The van der Waals surface area contributed by atoms with Crippen molar-refractivity contribution in [2.45, 2.75) is 39.5 Å². The van der Waals surface area contributed by atoms with Gasteiger partial charge >= 0.3 is 0 Å². The van der Waals surface area contributed by atoms with Gasteiger partial charge in [-0.15, -0.1) is 7.05 Å². The molecule has 0 aliphatic carbocycles. The molecule has 0 N–H and O–H groups in total. The van der Waals surface area contributed by atoms with Gasteiger partial charge in [0.1, 0.15) is 0 Å². The summed E-state index contributed by atoms with van der Waals surface area (Å²) in [5.74, 6) is 1.04. The summed E-state index contributed by atoms with van der Waals surface area (Å²) in [6.45, 7) is 8.75. The molecule has 0 amide bonds. The molecule has 0 bridgehead atoms. The molecule has 1 aromatic rings. The van der Waals surface area contributed by atoms with Gasteiger partial charge in [-0.1, -0.05) is 72.9 Å². The molecule has 1 nitrogen and oxygen atoms in total. The van der Waals surface area contributed by atoms with E-state index >= 15 is 0 Å². The van der Waals surface area contributed by atoms with Gasteiger partial charge in [-0.05, 0) is 4.47 Å². The fourth-order valence-electron chi connectivity index (χ4n) is 1.62. The van der Waals surface area contributed by atoms with E-state index in [1.54, 1.807) is 0 Å². The molecule has 0 unspecified atom stereocenters. The second-order valence-corrected chi connectivity index (χ2v) is 4.89. The molecular weight excluding hydrogens is 226 g/mol. The zero-order chi connectivity index (χ0) is 10.2. The summed E-state index contributed by atoms with van der Waals surface area (Å²) in [6.07, 6.45) is 0. The van der Waals surface area contributed by atoms with Crippen molar-refractivity contribution in [3.8, 4) is 0 Å². The molecule has 0 spiro atoms. The van der Waals surface area contributed by atoms with Crippen LogP contribution in [0.15, 0.2) is 10.5 Å². The van der Waals surface area contributed by atoms with Crippen LogP contribution in [0.1, 0.15) is 50.9 Å². The Bertz CT molecular complexity index is 297. The lowest BCUT2D eigenvalue weighted by atomic mass is 10.1. The van der Waals surface area contributed by atoms with Crippen LogP contribution in [0.25, 0.3) is 0 Å². The summed E-state index contributed by atoms with van der Waals surface area (Å²) in [4.78, 5) is 0. The number of nitrogens with zero attached hydrogens (tertiary/aromatic N) is 1. The third-order valence-corrected chi connectivity index (χ3v) is 2.90. The number of rotatable bonds is 2. The summed E-state index contributed by atoms with van der Waals surface area (Å²) < 4.78 is 3.24. The SMILES string of the molecule is [CH2-]n1c(C(C)C)cc(Br)c1C(C)C. The van der Waals surface area contributed by atoms with E-state index < -0.39 is 0 Å². The number of hydrogen-bond acceptors (Lipinski definition) is 0. The Kier molecular flexibility index (Phi) is 3.12. The Balaban J connectivity index is 3.22. The van der Waals surface area contributed by atoms with Crippen molar-refractivity contribution >= 4 is 15.9 Å². The van der Waals surface area contributed by atoms with Gasteiger partial charge in [0.15, 0.2) is 0 Å². The van der Waals surface area contributed by atoms with Crippen LogP contribution < -0.4 is 0 Å². The Morgan fingerprint density at radius 2 is 1.77 bits per heavy atom. The standard InChI is InChI=1S/C11H17BrN/c1-7(2)10-6-9(12)11(8(3)4)13(10)5/h6-8H,5H2,1-4H3/q-1. The summed E-state index contributed by atoms with van der Waals surface area (Å²) in [7, 11) is 4.07. The highest BCUT2D eigenvalue weighted by Gasteiger charge is 2.07. The second-order valence-electron chi connectivity index (χ2n) is 4.04. The molecule has 0 fully saturated rings. The highest BCUT2D eigenvalue weighted by Crippen LogP contribution is 2.30. The molecule has 1 aromatic heterocycles. The molecular formula is C11H17BrN-. The van der Waals surface area contributed by atoms with Crippen LogP contribution in [0.3, 0.4) is 0 Å². The smallest absolute Gasteiger partial charge is 0.0285 e. The Morgan fingerprint density at radius 1 is 1.23 bits per heavy atom. The van der Waals surface area contributed by atoms with E-state index in [0.29, 0.717) is 11.8 Å². The van der Waals surface area contributed by atoms with Crippen molar-refractivity contribution in [3.05, 3.63) is 29.0 Å². The average molecular weight is 243 g/mol. The molecule has 0 saturated carbocycles. The van der Waals surface area contributed by atoms with Gasteiger partial charge < -0.3 is 4.57 Å². The first-order chi connectivity index (χ1) is 5.95. The van der Waals surface area contributed by atoms with Crippen molar-refractivity contribution in [1.82, 2.24) is 4.57 Å². The minimum atomic E-state index is 0.513. The largest absolute Gasteiger partial charge is 0.487 e. The van der Waals surface area contributed by atoms with Crippen molar-refractivity contribution in [2.24, 2.45) is 0 Å². The predicted octanol–water partition coefficient (Wildman–Crippen LogP) is 4.14. The van der Waals surface area contributed by atoms with Crippen LogP contribution in [0.4, 0.5) is 0 Å². The van der Waals surface area contributed by atoms with Gasteiger partial charge in [-0.25, -0.2) is 0 Å². The second kappa shape index (κ2) is 3.79. The quantitative estimate of drug-likeness (QED) is 0.688. The minimum absolute atomic E-state index is 0.513. The van der Waals surface area contributed by atoms with Crippen LogP contribution in [0, 0.1) is 7.05 Å². The molecule has 0 aliphatic heterocycles. The van der Waals surface area contributed by atoms with E-state index in [4.69, 9.17) is 0 Å². The average Bonchev–Trinajstić information content (AvgIpc) is 2.26. The lowest BCUT2D eigenvalue weighted by Gasteiger charge is -2.21. The zero-order valence-electron chi connectivity index (χ0n) is 8.76. The maximum Gasteiger partial charge on any atom is -0.0285 e. The maximum absolute atomic E-state index is 4.07. The Morgan fingerprint density at radius 3 is 2.00 bits per heavy atom. The van der Waals surface area contributed by atoms with E-state index in [1.165, 1.54) is 15.9 Å². The fourth-order valence-corrected chi connectivity index (χ4v) is 2.52. The van der Waals surface area contributed by atoms with Crippen LogP contribution in [-0.4, -0.2) is 4.57 Å². The first-order valence-corrected chi connectivity index (χ1v) is 5.46. The lowest BCUT2D eigenvalue weighted by molar-refractivity contribution is 0.722. The number of hydrogen-bond donors (Lipinski definition) is 0. The third kappa shape index (κ3) is 1.93. The van der Waals surface area contributed by atoms with E-state index in [2.05, 4.69) is 61.3 Å². The predicted molar refractivity (Wildman–Crippen MR) is 61.1 cm³/mol. The molecule has 0 saturated heterocycles. The molecule has 13 heavy (non-hydrogen) atoms. The monoisotopic (exact) mass is 242 g/mol. The van der Waals surface area contributed by atoms with Crippen molar-refractivity contribution in [3.63, 3.8) is 0 Å². The first kappa shape index (κ1) is 10.7. The zero-order valence-corrected chi connectivity index (χ0v) is 10.4. The van der Waals surface area contributed by atoms with Gasteiger partial charge in [0.25, 0.3) is 0 Å². The summed E-state index contributed by atoms with van der Waals surface area (Å²) >= 11 is 3.58. The van der Waals surface area contributed by atoms with Crippen LogP contribution in [0.2, 0.25) is 0 Å². The molecule has 0 radical (unpaired) electrons. The highest BCUT2D eigenvalue weighted by atomic mass is 79.9. The van der Waals surface area contributed by atoms with E-state index in [9.17, 15) is 0 Å². The maximum atomic E-state index is 4.07. The van der Waals surface area contributed by atoms with Crippen LogP contribution in [-0.2, 0) is 0 Å².